The maximum absolute atomic E-state index is 12.1. The molecule has 1 amide bonds. The number of benzene rings is 1. The topological polar surface area (TPSA) is 80.0 Å². The van der Waals surface area contributed by atoms with Gasteiger partial charge < -0.3 is 10.4 Å². The lowest BCUT2D eigenvalue weighted by atomic mass is 10.2. The van der Waals surface area contributed by atoms with E-state index in [1.807, 2.05) is 13.0 Å². The molecule has 7 heteroatoms. The van der Waals surface area contributed by atoms with Crippen LogP contribution < -0.4 is 5.32 Å². The molecule has 0 bridgehead atoms. The Bertz CT molecular complexity index is 627. The number of nitrogens with one attached hydrogen (secondary N) is 1. The molecule has 0 aliphatic carbocycles. The number of anilines is 1. The largest absolute Gasteiger partial charge is 0.390 e. The van der Waals surface area contributed by atoms with Crippen LogP contribution in [0.5, 0.6) is 0 Å². The molecule has 20 heavy (non-hydrogen) atoms. The van der Waals surface area contributed by atoms with Gasteiger partial charge >= 0.3 is 0 Å². The number of hydrogen-bond donors (Lipinski definition) is 2. The minimum absolute atomic E-state index is 0.206. The Morgan fingerprint density at radius 2 is 2.30 bits per heavy atom. The summed E-state index contributed by atoms with van der Waals surface area (Å²) in [7, 11) is 0. The van der Waals surface area contributed by atoms with Crippen molar-refractivity contribution in [1.82, 2.24) is 15.0 Å². The van der Waals surface area contributed by atoms with Crippen LogP contribution in [0.1, 0.15) is 24.2 Å². The quantitative estimate of drug-likeness (QED) is 0.903. The van der Waals surface area contributed by atoms with Crippen molar-refractivity contribution in [2.45, 2.75) is 26.5 Å². The SMILES string of the molecule is Cc1ccc(NC(=O)C(C)n2cc(CO)nn2)cc1Cl. The highest BCUT2D eigenvalue weighted by molar-refractivity contribution is 6.31. The van der Waals surface area contributed by atoms with E-state index in [4.69, 9.17) is 16.7 Å². The predicted octanol–water partition coefficient (Wildman–Crippen LogP) is 1.93. The maximum Gasteiger partial charge on any atom is 0.249 e. The highest BCUT2D eigenvalue weighted by atomic mass is 35.5. The van der Waals surface area contributed by atoms with Gasteiger partial charge in [-0.25, -0.2) is 4.68 Å². The van der Waals surface area contributed by atoms with E-state index in [1.54, 1.807) is 19.1 Å². The molecule has 0 aliphatic heterocycles. The van der Waals surface area contributed by atoms with Gasteiger partial charge in [0.15, 0.2) is 0 Å². The zero-order valence-electron chi connectivity index (χ0n) is 11.2. The van der Waals surface area contributed by atoms with Crippen molar-refractivity contribution >= 4 is 23.2 Å². The van der Waals surface area contributed by atoms with E-state index in [9.17, 15) is 4.79 Å². The van der Waals surface area contributed by atoms with Crippen molar-refractivity contribution in [3.8, 4) is 0 Å². The third-order valence-electron chi connectivity index (χ3n) is 2.94. The molecule has 1 aromatic carbocycles. The highest BCUT2D eigenvalue weighted by Gasteiger charge is 2.17. The van der Waals surface area contributed by atoms with Gasteiger partial charge in [0.25, 0.3) is 0 Å². The van der Waals surface area contributed by atoms with Gasteiger partial charge in [-0.2, -0.15) is 0 Å². The average molecular weight is 295 g/mol. The van der Waals surface area contributed by atoms with Gasteiger partial charge in [0, 0.05) is 10.7 Å². The van der Waals surface area contributed by atoms with Crippen LogP contribution in [0.25, 0.3) is 0 Å². The van der Waals surface area contributed by atoms with Crippen molar-refractivity contribution in [3.63, 3.8) is 0 Å². The van der Waals surface area contributed by atoms with Crippen molar-refractivity contribution in [1.29, 1.82) is 0 Å². The molecular weight excluding hydrogens is 280 g/mol. The van der Waals surface area contributed by atoms with Crippen LogP contribution in [-0.4, -0.2) is 26.0 Å². The van der Waals surface area contributed by atoms with Gasteiger partial charge in [-0.3, -0.25) is 4.79 Å². The van der Waals surface area contributed by atoms with E-state index in [0.29, 0.717) is 16.4 Å². The molecule has 0 fully saturated rings. The standard InChI is InChI=1S/C13H15ClN4O2/c1-8-3-4-10(5-12(8)14)15-13(20)9(2)18-6-11(7-19)16-17-18/h3-6,9,19H,7H2,1-2H3,(H,15,20). The molecule has 0 saturated carbocycles. The second kappa shape index (κ2) is 6.02. The molecule has 1 aromatic heterocycles. The summed E-state index contributed by atoms with van der Waals surface area (Å²) in [5, 5.41) is 19.8. The fourth-order valence-corrected chi connectivity index (χ4v) is 1.79. The first-order valence-electron chi connectivity index (χ1n) is 6.10. The van der Waals surface area contributed by atoms with Crippen LogP contribution in [-0.2, 0) is 11.4 Å². The summed E-state index contributed by atoms with van der Waals surface area (Å²) in [5.41, 5.74) is 1.99. The number of halogens is 1. The van der Waals surface area contributed by atoms with E-state index < -0.39 is 6.04 Å². The van der Waals surface area contributed by atoms with Gasteiger partial charge in [0.2, 0.25) is 5.91 Å². The Morgan fingerprint density at radius 3 is 2.90 bits per heavy atom. The predicted molar refractivity (Wildman–Crippen MR) is 75.5 cm³/mol. The summed E-state index contributed by atoms with van der Waals surface area (Å²) < 4.78 is 1.40. The molecule has 2 rings (SSSR count). The minimum Gasteiger partial charge on any atom is -0.390 e. The number of hydrogen-bond acceptors (Lipinski definition) is 4. The summed E-state index contributed by atoms with van der Waals surface area (Å²) in [5.74, 6) is -0.237. The number of nitrogens with zero attached hydrogens (tertiary/aromatic N) is 3. The van der Waals surface area contributed by atoms with Crippen molar-refractivity contribution in [3.05, 3.63) is 40.7 Å². The van der Waals surface area contributed by atoms with Crippen LogP contribution >= 0.6 is 11.6 Å². The number of aryl methyl sites for hydroxylation is 1. The van der Waals surface area contributed by atoms with E-state index in [-0.39, 0.29) is 12.5 Å². The normalized spacial score (nSPS) is 12.2. The number of carbonyl (C=O) groups is 1. The molecular formula is C13H15ClN4O2. The molecule has 106 valence electrons. The third kappa shape index (κ3) is 3.15. The van der Waals surface area contributed by atoms with E-state index in [2.05, 4.69) is 15.6 Å². The first kappa shape index (κ1) is 14.5. The van der Waals surface area contributed by atoms with Crippen molar-refractivity contribution < 1.29 is 9.90 Å². The Labute approximate surface area is 121 Å². The number of aliphatic hydroxyl groups excluding tert-OH is 1. The van der Waals surface area contributed by atoms with Gasteiger partial charge in [0.05, 0.1) is 12.8 Å². The summed E-state index contributed by atoms with van der Waals surface area (Å²) in [6.07, 6.45) is 1.53. The van der Waals surface area contributed by atoms with Crippen LogP contribution in [0, 0.1) is 6.92 Å². The van der Waals surface area contributed by atoms with E-state index in [0.717, 1.165) is 5.56 Å². The molecule has 1 atom stereocenters. The zero-order chi connectivity index (χ0) is 14.7. The second-order valence-corrected chi connectivity index (χ2v) is 4.88. The molecule has 0 radical (unpaired) electrons. The summed E-state index contributed by atoms with van der Waals surface area (Å²) in [4.78, 5) is 12.1. The Kier molecular flexibility index (Phi) is 4.36. The lowest BCUT2D eigenvalue weighted by molar-refractivity contribution is -0.119. The van der Waals surface area contributed by atoms with E-state index in [1.165, 1.54) is 10.9 Å². The van der Waals surface area contributed by atoms with Gasteiger partial charge in [-0.05, 0) is 31.5 Å². The fourth-order valence-electron chi connectivity index (χ4n) is 1.61. The molecule has 0 saturated heterocycles. The lowest BCUT2D eigenvalue weighted by Gasteiger charge is -2.12. The molecule has 6 nitrogen and oxygen atoms in total. The molecule has 1 unspecified atom stereocenters. The molecule has 0 spiro atoms. The first-order chi connectivity index (χ1) is 9.51. The van der Waals surface area contributed by atoms with E-state index >= 15 is 0 Å². The Balaban J connectivity index is 2.08. The van der Waals surface area contributed by atoms with Crippen LogP contribution in [0.4, 0.5) is 5.69 Å². The second-order valence-electron chi connectivity index (χ2n) is 4.48. The van der Waals surface area contributed by atoms with Crippen molar-refractivity contribution in [2.24, 2.45) is 0 Å². The monoisotopic (exact) mass is 294 g/mol. The highest BCUT2D eigenvalue weighted by Crippen LogP contribution is 2.20. The van der Waals surface area contributed by atoms with Gasteiger partial charge in [0.1, 0.15) is 11.7 Å². The summed E-state index contributed by atoms with van der Waals surface area (Å²) in [6, 6.07) is 4.78. The number of aliphatic hydroxyl groups is 1. The van der Waals surface area contributed by atoms with Crippen LogP contribution in [0.15, 0.2) is 24.4 Å². The number of aromatic nitrogens is 3. The molecule has 1 heterocycles. The Morgan fingerprint density at radius 1 is 1.55 bits per heavy atom. The maximum atomic E-state index is 12.1. The van der Waals surface area contributed by atoms with Gasteiger partial charge in [-0.1, -0.05) is 22.9 Å². The fraction of sp³-hybridized carbons (Fsp3) is 0.308. The average Bonchev–Trinajstić information content (AvgIpc) is 2.91. The number of carbonyl (C=O) groups excluding carboxylic acids is 1. The molecule has 2 N–H and O–H groups in total. The van der Waals surface area contributed by atoms with Crippen molar-refractivity contribution in [2.75, 3.05) is 5.32 Å². The molecule has 2 aromatic rings. The molecule has 0 aliphatic rings. The summed E-state index contributed by atoms with van der Waals surface area (Å²) in [6.45, 7) is 3.38. The number of amides is 1. The first-order valence-corrected chi connectivity index (χ1v) is 6.47. The minimum atomic E-state index is -0.539. The van der Waals surface area contributed by atoms with Crippen LogP contribution in [0.3, 0.4) is 0 Å². The van der Waals surface area contributed by atoms with Crippen LogP contribution in [0.2, 0.25) is 5.02 Å². The lowest BCUT2D eigenvalue weighted by Crippen LogP contribution is -2.24. The van der Waals surface area contributed by atoms with Gasteiger partial charge in [-0.15, -0.1) is 5.10 Å². The smallest absolute Gasteiger partial charge is 0.249 e. The third-order valence-corrected chi connectivity index (χ3v) is 3.34. The Hall–Kier alpha value is -1.92. The summed E-state index contributed by atoms with van der Waals surface area (Å²) >= 11 is 6.01. The zero-order valence-corrected chi connectivity index (χ0v) is 11.9. The number of rotatable bonds is 4.